The zero-order valence-corrected chi connectivity index (χ0v) is 12.1. The predicted octanol–water partition coefficient (Wildman–Crippen LogP) is 4.02. The molecule has 8 heteroatoms. The molecule has 0 bridgehead atoms. The molecule has 0 saturated heterocycles. The van der Waals surface area contributed by atoms with Gasteiger partial charge in [-0.3, -0.25) is 0 Å². The van der Waals surface area contributed by atoms with Gasteiger partial charge in [0.05, 0.1) is 0 Å². The van der Waals surface area contributed by atoms with Crippen molar-refractivity contribution in [1.29, 1.82) is 0 Å². The Morgan fingerprint density at radius 2 is 1.83 bits per heavy atom. The van der Waals surface area contributed by atoms with Gasteiger partial charge in [-0.25, -0.2) is 4.79 Å². The van der Waals surface area contributed by atoms with Crippen molar-refractivity contribution < 1.29 is 32.9 Å². The Morgan fingerprint density at radius 1 is 1.17 bits per heavy atom. The number of hydrogen-bond acceptors (Lipinski definition) is 3. The highest BCUT2D eigenvalue weighted by Gasteiger charge is 2.31. The third kappa shape index (κ3) is 4.14. The molecule has 0 amide bonds. The Balaban J connectivity index is 2.54. The van der Waals surface area contributed by atoms with Gasteiger partial charge in [-0.15, -0.1) is 13.2 Å². The van der Waals surface area contributed by atoms with E-state index in [1.54, 1.807) is 0 Å². The summed E-state index contributed by atoms with van der Waals surface area (Å²) in [4.78, 5) is 11.0. The van der Waals surface area contributed by atoms with E-state index < -0.39 is 24.2 Å². The van der Waals surface area contributed by atoms with Crippen LogP contribution in [-0.2, 0) is 4.79 Å². The molecule has 0 heterocycles. The van der Waals surface area contributed by atoms with Crippen molar-refractivity contribution in [2.45, 2.75) is 12.5 Å². The van der Waals surface area contributed by atoms with E-state index in [9.17, 15) is 23.1 Å². The average Bonchev–Trinajstić information content (AvgIpc) is 2.44. The van der Waals surface area contributed by atoms with Crippen molar-refractivity contribution in [2.24, 2.45) is 0 Å². The first-order chi connectivity index (χ1) is 10.7. The second-order valence-corrected chi connectivity index (χ2v) is 4.93. The van der Waals surface area contributed by atoms with Crippen molar-refractivity contribution >= 4 is 17.6 Å². The summed E-state index contributed by atoms with van der Waals surface area (Å²) in [7, 11) is 0. The molecule has 1 atom stereocenters. The van der Waals surface area contributed by atoms with Crippen LogP contribution in [0, 0.1) is 0 Å². The standard InChI is InChI=1S/C15H10ClF3O4/c16-11-6-2-5-10(13(20)14(21)22)12(11)8-3-1-4-9(7-8)23-15(17,18)19/h1-7,13,20H,(H,21,22). The highest BCUT2D eigenvalue weighted by molar-refractivity contribution is 6.33. The van der Waals surface area contributed by atoms with Gasteiger partial charge in [0.1, 0.15) is 5.75 Å². The fourth-order valence-electron chi connectivity index (χ4n) is 2.05. The fourth-order valence-corrected chi connectivity index (χ4v) is 2.35. The summed E-state index contributed by atoms with van der Waals surface area (Å²) >= 11 is 6.03. The summed E-state index contributed by atoms with van der Waals surface area (Å²) in [5, 5.41) is 18.8. The van der Waals surface area contributed by atoms with Crippen LogP contribution >= 0.6 is 11.6 Å². The quantitative estimate of drug-likeness (QED) is 0.877. The highest BCUT2D eigenvalue weighted by atomic mass is 35.5. The molecule has 0 aliphatic rings. The molecule has 23 heavy (non-hydrogen) atoms. The second kappa shape index (κ2) is 6.47. The fraction of sp³-hybridized carbons (Fsp3) is 0.133. The van der Waals surface area contributed by atoms with E-state index in [1.165, 1.54) is 30.3 Å². The number of benzene rings is 2. The van der Waals surface area contributed by atoms with E-state index in [2.05, 4.69) is 4.74 Å². The molecule has 122 valence electrons. The monoisotopic (exact) mass is 346 g/mol. The molecule has 2 aromatic carbocycles. The SMILES string of the molecule is O=C(O)C(O)c1cccc(Cl)c1-c1cccc(OC(F)(F)F)c1. The Hall–Kier alpha value is -2.25. The number of alkyl halides is 3. The van der Waals surface area contributed by atoms with E-state index in [0.29, 0.717) is 0 Å². The van der Waals surface area contributed by atoms with Crippen molar-refractivity contribution in [2.75, 3.05) is 0 Å². The van der Waals surface area contributed by atoms with Gasteiger partial charge in [-0.2, -0.15) is 0 Å². The van der Waals surface area contributed by atoms with Crippen LogP contribution in [0.2, 0.25) is 5.02 Å². The number of carbonyl (C=O) groups is 1. The minimum Gasteiger partial charge on any atom is -0.479 e. The van der Waals surface area contributed by atoms with Crippen molar-refractivity contribution in [3.8, 4) is 16.9 Å². The Bertz CT molecular complexity index is 731. The van der Waals surface area contributed by atoms with Crippen LogP contribution in [0.15, 0.2) is 42.5 Å². The van der Waals surface area contributed by atoms with Crippen LogP contribution in [0.5, 0.6) is 5.75 Å². The largest absolute Gasteiger partial charge is 0.573 e. The molecule has 0 spiro atoms. The smallest absolute Gasteiger partial charge is 0.479 e. The molecule has 0 radical (unpaired) electrons. The lowest BCUT2D eigenvalue weighted by Crippen LogP contribution is -2.17. The molecule has 2 rings (SSSR count). The lowest BCUT2D eigenvalue weighted by molar-refractivity contribution is -0.274. The minimum absolute atomic E-state index is 0.0332. The summed E-state index contributed by atoms with van der Waals surface area (Å²) in [6, 6.07) is 9.10. The first-order valence-corrected chi connectivity index (χ1v) is 6.62. The van der Waals surface area contributed by atoms with E-state index in [0.717, 1.165) is 12.1 Å². The topological polar surface area (TPSA) is 66.8 Å². The Labute approximate surface area is 133 Å². The van der Waals surface area contributed by atoms with Gasteiger partial charge in [-0.1, -0.05) is 35.9 Å². The molecule has 4 nitrogen and oxygen atoms in total. The molecular formula is C15H10ClF3O4. The van der Waals surface area contributed by atoms with Crippen LogP contribution in [0.1, 0.15) is 11.7 Å². The van der Waals surface area contributed by atoms with Gasteiger partial charge >= 0.3 is 12.3 Å². The number of halogens is 4. The average molecular weight is 347 g/mol. The molecule has 2 aromatic rings. The second-order valence-electron chi connectivity index (χ2n) is 4.52. The summed E-state index contributed by atoms with van der Waals surface area (Å²) in [5.74, 6) is -1.98. The van der Waals surface area contributed by atoms with E-state index >= 15 is 0 Å². The van der Waals surface area contributed by atoms with Gasteiger partial charge in [0.15, 0.2) is 6.10 Å². The molecule has 0 aromatic heterocycles. The van der Waals surface area contributed by atoms with Crippen molar-refractivity contribution in [1.82, 2.24) is 0 Å². The van der Waals surface area contributed by atoms with E-state index in [-0.39, 0.29) is 21.7 Å². The summed E-state index contributed by atoms with van der Waals surface area (Å²) in [5.41, 5.74) is 0.276. The van der Waals surface area contributed by atoms with Gasteiger partial charge in [0.2, 0.25) is 0 Å². The van der Waals surface area contributed by atoms with E-state index in [1.807, 2.05) is 0 Å². The summed E-state index contributed by atoms with van der Waals surface area (Å²) in [6.45, 7) is 0. The van der Waals surface area contributed by atoms with Crippen LogP contribution in [-0.4, -0.2) is 22.5 Å². The lowest BCUT2D eigenvalue weighted by atomic mass is 9.96. The first kappa shape index (κ1) is 17.1. The van der Waals surface area contributed by atoms with Crippen LogP contribution in [0.3, 0.4) is 0 Å². The van der Waals surface area contributed by atoms with Crippen molar-refractivity contribution in [3.05, 3.63) is 53.1 Å². The molecule has 2 N–H and O–H groups in total. The normalized spacial score (nSPS) is 12.7. The summed E-state index contributed by atoms with van der Waals surface area (Å²) in [6.07, 6.45) is -6.72. The van der Waals surface area contributed by atoms with Crippen LogP contribution in [0.4, 0.5) is 13.2 Å². The number of aliphatic hydroxyl groups excluding tert-OH is 1. The Morgan fingerprint density at radius 3 is 2.43 bits per heavy atom. The van der Waals surface area contributed by atoms with Crippen molar-refractivity contribution in [3.63, 3.8) is 0 Å². The zero-order valence-electron chi connectivity index (χ0n) is 11.3. The van der Waals surface area contributed by atoms with Gasteiger partial charge in [-0.05, 0) is 23.8 Å². The maximum Gasteiger partial charge on any atom is 0.573 e. The zero-order chi connectivity index (χ0) is 17.2. The molecule has 1 unspecified atom stereocenters. The molecule has 0 saturated carbocycles. The number of ether oxygens (including phenoxy) is 1. The van der Waals surface area contributed by atoms with Crippen LogP contribution in [0.25, 0.3) is 11.1 Å². The molecule has 0 aliphatic carbocycles. The third-order valence-corrected chi connectivity index (χ3v) is 3.25. The number of carboxylic acid groups (broad SMARTS) is 1. The van der Waals surface area contributed by atoms with Crippen LogP contribution < -0.4 is 4.74 Å². The predicted molar refractivity (Wildman–Crippen MR) is 76.2 cm³/mol. The maximum atomic E-state index is 12.3. The number of hydrogen-bond donors (Lipinski definition) is 2. The molecule has 0 fully saturated rings. The van der Waals surface area contributed by atoms with Gasteiger partial charge < -0.3 is 14.9 Å². The van der Waals surface area contributed by atoms with E-state index in [4.69, 9.17) is 16.7 Å². The highest BCUT2D eigenvalue weighted by Crippen LogP contribution is 2.37. The van der Waals surface area contributed by atoms with Gasteiger partial charge in [0.25, 0.3) is 0 Å². The number of rotatable bonds is 4. The first-order valence-electron chi connectivity index (χ1n) is 6.24. The minimum atomic E-state index is -4.86. The summed E-state index contributed by atoms with van der Waals surface area (Å²) < 4.78 is 40.7. The molecular weight excluding hydrogens is 337 g/mol. The third-order valence-electron chi connectivity index (χ3n) is 2.93. The Kier molecular flexibility index (Phi) is 4.82. The number of aliphatic hydroxyl groups is 1. The lowest BCUT2D eigenvalue weighted by Gasteiger charge is -2.15. The maximum absolute atomic E-state index is 12.3. The number of aliphatic carboxylic acids is 1. The number of carboxylic acids is 1. The van der Waals surface area contributed by atoms with Gasteiger partial charge in [0, 0.05) is 16.1 Å². The molecule has 0 aliphatic heterocycles.